The van der Waals surface area contributed by atoms with Crippen molar-refractivity contribution in [1.82, 2.24) is 14.5 Å². The fourth-order valence-corrected chi connectivity index (χ4v) is 6.65. The van der Waals surface area contributed by atoms with Gasteiger partial charge < -0.3 is 24.7 Å². The summed E-state index contributed by atoms with van der Waals surface area (Å²) in [6.45, 7) is 1.86. The Labute approximate surface area is 192 Å². The smallest absolute Gasteiger partial charge is 0.259 e. The van der Waals surface area contributed by atoms with E-state index in [2.05, 4.69) is 9.88 Å². The molecule has 0 spiro atoms. The molecule has 5 aromatic rings. The molecule has 1 fully saturated rings. The monoisotopic (exact) mass is 452 g/mol. The van der Waals surface area contributed by atoms with Crippen molar-refractivity contribution in [1.29, 1.82) is 0 Å². The standard InChI is InChI=1S/C26H20N4O4/c1-26-23(31)13(27)10-16(34-26)29-14-8-4-2-6-11(14)17-19-20(25(33)28-24(19)32)18-12-7-3-5-9-15(12)30(26)22(18)21(17)29/h2-9,13,16,23,31H,10,27H2,1H3,(H,28,32,33)/t13-,16-,23-,26+/m1/s1. The summed E-state index contributed by atoms with van der Waals surface area (Å²) < 4.78 is 10.8. The number of nitrogens with two attached hydrogens (primary N) is 1. The van der Waals surface area contributed by atoms with Gasteiger partial charge in [0.2, 0.25) is 0 Å². The number of benzene rings is 3. The molecule has 3 aliphatic rings. The average Bonchev–Trinajstić information content (AvgIpc) is 3.42. The average molecular weight is 452 g/mol. The summed E-state index contributed by atoms with van der Waals surface area (Å²) in [6.07, 6.45) is -1.01. The highest BCUT2D eigenvalue weighted by molar-refractivity contribution is 6.39. The minimum absolute atomic E-state index is 0.379. The van der Waals surface area contributed by atoms with Crippen LogP contribution in [-0.4, -0.2) is 38.2 Å². The Hall–Kier alpha value is -3.72. The van der Waals surface area contributed by atoms with E-state index in [1.807, 2.05) is 60.0 Å². The Morgan fingerprint density at radius 2 is 1.56 bits per heavy atom. The lowest BCUT2D eigenvalue weighted by Gasteiger charge is -2.45. The third kappa shape index (κ3) is 1.83. The number of aromatic nitrogens is 2. The number of amides is 2. The number of aliphatic hydroxyl groups excluding tert-OH is 1. The second-order valence-corrected chi connectivity index (χ2v) is 9.69. The molecule has 34 heavy (non-hydrogen) atoms. The Kier molecular flexibility index (Phi) is 3.11. The van der Waals surface area contributed by atoms with Crippen LogP contribution in [0.5, 0.6) is 0 Å². The lowest BCUT2D eigenvalue weighted by atomic mass is 9.94. The first kappa shape index (κ1) is 18.7. The van der Waals surface area contributed by atoms with E-state index < -0.39 is 35.9 Å². The maximum atomic E-state index is 13.2. The van der Waals surface area contributed by atoms with Crippen LogP contribution in [0.25, 0.3) is 43.6 Å². The maximum Gasteiger partial charge on any atom is 0.259 e. The Bertz CT molecular complexity index is 1800. The van der Waals surface area contributed by atoms with E-state index in [-0.39, 0.29) is 0 Å². The molecule has 3 aromatic carbocycles. The molecule has 0 saturated carbocycles. The Morgan fingerprint density at radius 1 is 0.971 bits per heavy atom. The van der Waals surface area contributed by atoms with E-state index in [9.17, 15) is 14.7 Å². The largest absolute Gasteiger partial charge is 0.386 e. The van der Waals surface area contributed by atoms with Gasteiger partial charge in [0.25, 0.3) is 11.8 Å². The number of imide groups is 1. The van der Waals surface area contributed by atoms with Gasteiger partial charge in [-0.25, -0.2) is 0 Å². The SMILES string of the molecule is C[C@]12O[C@H](C[C@@H](N)[C@H]1O)n1c3ccccc3c3c4c(c5c6ccccc6n2c5c31)C(=O)NC4=O. The molecule has 4 atom stereocenters. The number of hydrogen-bond acceptors (Lipinski definition) is 5. The van der Waals surface area contributed by atoms with Crippen LogP contribution >= 0.6 is 0 Å². The molecule has 3 aliphatic heterocycles. The molecule has 2 amide bonds. The Morgan fingerprint density at radius 3 is 2.26 bits per heavy atom. The molecule has 2 aromatic heterocycles. The van der Waals surface area contributed by atoms with Crippen LogP contribution in [-0.2, 0) is 10.5 Å². The first-order valence-corrected chi connectivity index (χ1v) is 11.4. The number of ether oxygens (including phenoxy) is 1. The number of rotatable bonds is 0. The van der Waals surface area contributed by atoms with Crippen molar-refractivity contribution in [2.24, 2.45) is 5.73 Å². The zero-order valence-electron chi connectivity index (χ0n) is 18.2. The van der Waals surface area contributed by atoms with Crippen LogP contribution in [0.3, 0.4) is 0 Å². The lowest BCUT2D eigenvalue weighted by Crippen LogP contribution is -2.58. The molecule has 0 aliphatic carbocycles. The van der Waals surface area contributed by atoms with Gasteiger partial charge in [-0.3, -0.25) is 14.9 Å². The predicted octanol–water partition coefficient (Wildman–Crippen LogP) is 3.08. The zero-order chi connectivity index (χ0) is 23.1. The summed E-state index contributed by atoms with van der Waals surface area (Å²) in [5, 5.41) is 17.0. The van der Waals surface area contributed by atoms with Gasteiger partial charge in [0, 0.05) is 34.0 Å². The van der Waals surface area contributed by atoms with Crippen molar-refractivity contribution < 1.29 is 19.4 Å². The summed E-state index contributed by atoms with van der Waals surface area (Å²) in [5.41, 5.74) is 9.41. The van der Waals surface area contributed by atoms with Gasteiger partial charge in [0.1, 0.15) is 12.3 Å². The van der Waals surface area contributed by atoms with E-state index in [0.717, 1.165) is 38.2 Å². The van der Waals surface area contributed by atoms with Gasteiger partial charge in [-0.15, -0.1) is 0 Å². The fourth-order valence-electron chi connectivity index (χ4n) is 6.65. The number of carbonyl (C=O) groups excluding carboxylic acids is 2. The quantitative estimate of drug-likeness (QED) is 0.313. The van der Waals surface area contributed by atoms with Gasteiger partial charge >= 0.3 is 0 Å². The normalized spacial score (nSPS) is 27.8. The number of fused-ring (bicyclic) bond motifs is 13. The number of nitrogens with one attached hydrogen (secondary N) is 1. The number of nitrogens with zero attached hydrogens (tertiary/aromatic N) is 2. The minimum Gasteiger partial charge on any atom is -0.386 e. The van der Waals surface area contributed by atoms with Crippen molar-refractivity contribution in [3.8, 4) is 0 Å². The number of carbonyl (C=O) groups is 2. The van der Waals surface area contributed by atoms with Crippen molar-refractivity contribution in [2.75, 3.05) is 0 Å². The highest BCUT2D eigenvalue weighted by Gasteiger charge is 2.52. The molecule has 168 valence electrons. The van der Waals surface area contributed by atoms with E-state index in [0.29, 0.717) is 22.9 Å². The Balaban J connectivity index is 1.79. The second kappa shape index (κ2) is 5.67. The van der Waals surface area contributed by atoms with Crippen molar-refractivity contribution >= 4 is 55.4 Å². The van der Waals surface area contributed by atoms with E-state index in [1.54, 1.807) is 0 Å². The fraction of sp³-hybridized carbons (Fsp3) is 0.231. The summed E-state index contributed by atoms with van der Waals surface area (Å²) in [6, 6.07) is 15.1. The molecular weight excluding hydrogens is 432 g/mol. The maximum absolute atomic E-state index is 13.2. The summed E-state index contributed by atoms with van der Waals surface area (Å²) in [4.78, 5) is 26.4. The number of hydrogen-bond donors (Lipinski definition) is 3. The van der Waals surface area contributed by atoms with Crippen LogP contribution < -0.4 is 11.1 Å². The summed E-state index contributed by atoms with van der Waals surface area (Å²) >= 11 is 0. The summed E-state index contributed by atoms with van der Waals surface area (Å²) in [7, 11) is 0. The highest BCUT2D eigenvalue weighted by Crippen LogP contribution is 2.52. The molecule has 2 bridgehead atoms. The molecular formula is C26H20N4O4. The van der Waals surface area contributed by atoms with Gasteiger partial charge in [-0.1, -0.05) is 36.4 Å². The molecule has 5 heterocycles. The first-order valence-electron chi connectivity index (χ1n) is 11.4. The third-order valence-electron chi connectivity index (χ3n) is 7.98. The van der Waals surface area contributed by atoms with Gasteiger partial charge in [-0.05, 0) is 19.1 Å². The summed E-state index contributed by atoms with van der Waals surface area (Å²) in [5.74, 6) is -0.796. The van der Waals surface area contributed by atoms with Crippen molar-refractivity contribution in [2.45, 2.75) is 37.4 Å². The van der Waals surface area contributed by atoms with Crippen LogP contribution in [0.15, 0.2) is 48.5 Å². The molecule has 0 unspecified atom stereocenters. The predicted molar refractivity (Wildman–Crippen MR) is 127 cm³/mol. The van der Waals surface area contributed by atoms with Gasteiger partial charge in [-0.2, -0.15) is 0 Å². The minimum atomic E-state index is -1.18. The van der Waals surface area contributed by atoms with E-state index >= 15 is 0 Å². The van der Waals surface area contributed by atoms with Crippen molar-refractivity contribution in [3.63, 3.8) is 0 Å². The molecule has 1 saturated heterocycles. The molecule has 8 nitrogen and oxygen atoms in total. The van der Waals surface area contributed by atoms with Crippen molar-refractivity contribution in [3.05, 3.63) is 59.7 Å². The molecule has 8 rings (SSSR count). The third-order valence-corrected chi connectivity index (χ3v) is 7.98. The van der Waals surface area contributed by atoms with Gasteiger partial charge in [0.05, 0.1) is 33.2 Å². The first-order chi connectivity index (χ1) is 16.4. The van der Waals surface area contributed by atoms with Crippen LogP contribution in [0.1, 0.15) is 40.3 Å². The second-order valence-electron chi connectivity index (χ2n) is 9.69. The van der Waals surface area contributed by atoms with Gasteiger partial charge in [0.15, 0.2) is 5.72 Å². The van der Waals surface area contributed by atoms with E-state index in [1.165, 1.54) is 0 Å². The number of aliphatic hydroxyl groups is 1. The van der Waals surface area contributed by atoms with Crippen LogP contribution in [0.2, 0.25) is 0 Å². The highest BCUT2D eigenvalue weighted by atomic mass is 16.6. The van der Waals surface area contributed by atoms with Crippen LogP contribution in [0.4, 0.5) is 0 Å². The van der Waals surface area contributed by atoms with E-state index in [4.69, 9.17) is 10.5 Å². The van der Waals surface area contributed by atoms with Crippen LogP contribution in [0, 0.1) is 0 Å². The lowest BCUT2D eigenvalue weighted by molar-refractivity contribution is -0.246. The molecule has 0 radical (unpaired) electrons. The molecule has 8 heteroatoms. The number of para-hydroxylation sites is 2. The molecule has 4 N–H and O–H groups in total. The zero-order valence-corrected chi connectivity index (χ0v) is 18.2. The topological polar surface area (TPSA) is 112 Å².